The largest absolute Gasteiger partial charge is 0.309 e. The maximum absolute atomic E-state index is 13.6. The Morgan fingerprint density at radius 2 is 1.90 bits per heavy atom. The molecule has 2 aromatic rings. The summed E-state index contributed by atoms with van der Waals surface area (Å²) in [6.07, 6.45) is 0. The van der Waals surface area contributed by atoms with Gasteiger partial charge in [-0.3, -0.25) is 0 Å². The van der Waals surface area contributed by atoms with Gasteiger partial charge in [0.25, 0.3) is 0 Å². The fraction of sp³-hybridized carbons (Fsp3) is 0.143. The summed E-state index contributed by atoms with van der Waals surface area (Å²) in [4.78, 5) is 0.0652. The first-order chi connectivity index (χ1) is 9.86. The first kappa shape index (κ1) is 16.1. The number of benzene rings is 2. The highest BCUT2D eigenvalue weighted by Gasteiger charge is 2.08. The van der Waals surface area contributed by atoms with Crippen molar-refractivity contribution in [2.45, 2.75) is 18.0 Å². The molecule has 7 heteroatoms. The van der Waals surface area contributed by atoms with Gasteiger partial charge in [0.2, 0.25) is 10.0 Å². The van der Waals surface area contributed by atoms with Crippen molar-refractivity contribution in [3.8, 4) is 0 Å². The number of primary sulfonamides is 1. The van der Waals surface area contributed by atoms with Crippen LogP contribution in [0.15, 0.2) is 51.8 Å². The van der Waals surface area contributed by atoms with Gasteiger partial charge in [-0.25, -0.2) is 17.9 Å². The van der Waals surface area contributed by atoms with Crippen LogP contribution in [-0.4, -0.2) is 8.42 Å². The van der Waals surface area contributed by atoms with E-state index in [1.807, 2.05) is 0 Å². The van der Waals surface area contributed by atoms with Crippen molar-refractivity contribution in [1.82, 2.24) is 5.32 Å². The first-order valence-electron chi connectivity index (χ1n) is 6.12. The average Bonchev–Trinajstić information content (AvgIpc) is 2.42. The lowest BCUT2D eigenvalue weighted by Crippen LogP contribution is -2.15. The van der Waals surface area contributed by atoms with Gasteiger partial charge in [0.1, 0.15) is 5.82 Å². The Morgan fingerprint density at radius 1 is 1.14 bits per heavy atom. The zero-order valence-corrected chi connectivity index (χ0v) is 13.4. The van der Waals surface area contributed by atoms with Gasteiger partial charge in [-0.15, -0.1) is 0 Å². The van der Waals surface area contributed by atoms with Gasteiger partial charge in [0.15, 0.2) is 0 Å². The summed E-state index contributed by atoms with van der Waals surface area (Å²) in [6.45, 7) is 0.750. The molecule has 4 nitrogen and oxygen atoms in total. The van der Waals surface area contributed by atoms with Crippen molar-refractivity contribution >= 4 is 26.0 Å². The van der Waals surface area contributed by atoms with E-state index in [-0.39, 0.29) is 10.7 Å². The second kappa shape index (κ2) is 6.65. The summed E-state index contributed by atoms with van der Waals surface area (Å²) < 4.78 is 36.9. The molecule has 2 aromatic carbocycles. The van der Waals surface area contributed by atoms with Crippen LogP contribution in [0.25, 0.3) is 0 Å². The Morgan fingerprint density at radius 3 is 2.62 bits per heavy atom. The lowest BCUT2D eigenvalue weighted by Gasteiger charge is -2.08. The molecule has 0 saturated carbocycles. The monoisotopic (exact) mass is 372 g/mol. The molecule has 0 fully saturated rings. The van der Waals surface area contributed by atoms with Crippen LogP contribution in [0.3, 0.4) is 0 Å². The van der Waals surface area contributed by atoms with E-state index in [1.165, 1.54) is 18.2 Å². The molecule has 0 spiro atoms. The maximum atomic E-state index is 13.6. The van der Waals surface area contributed by atoms with Crippen molar-refractivity contribution in [2.75, 3.05) is 0 Å². The van der Waals surface area contributed by atoms with E-state index in [4.69, 9.17) is 5.14 Å². The number of sulfonamides is 1. The summed E-state index contributed by atoms with van der Waals surface area (Å²) in [5.74, 6) is -0.288. The molecular formula is C14H14BrFN2O2S. The van der Waals surface area contributed by atoms with Crippen LogP contribution in [0.4, 0.5) is 4.39 Å². The Bertz CT molecular complexity index is 750. The molecule has 0 bridgehead atoms. The van der Waals surface area contributed by atoms with E-state index < -0.39 is 10.0 Å². The summed E-state index contributed by atoms with van der Waals surface area (Å²) >= 11 is 3.29. The van der Waals surface area contributed by atoms with E-state index in [0.717, 1.165) is 10.0 Å². The number of rotatable bonds is 5. The van der Waals surface area contributed by atoms with E-state index >= 15 is 0 Å². The zero-order chi connectivity index (χ0) is 15.5. The number of hydrogen-bond acceptors (Lipinski definition) is 3. The highest BCUT2D eigenvalue weighted by Crippen LogP contribution is 2.15. The van der Waals surface area contributed by atoms with Crippen LogP contribution in [0.5, 0.6) is 0 Å². The van der Waals surface area contributed by atoms with Gasteiger partial charge in [-0.2, -0.15) is 0 Å². The van der Waals surface area contributed by atoms with Crippen LogP contribution >= 0.6 is 15.9 Å². The molecule has 0 amide bonds. The molecule has 0 aliphatic rings. The fourth-order valence-corrected chi connectivity index (χ4v) is 2.85. The van der Waals surface area contributed by atoms with Crippen LogP contribution < -0.4 is 10.5 Å². The highest BCUT2D eigenvalue weighted by molar-refractivity contribution is 9.10. The molecule has 0 heterocycles. The van der Waals surface area contributed by atoms with Gasteiger partial charge >= 0.3 is 0 Å². The molecule has 2 rings (SSSR count). The third-order valence-electron chi connectivity index (χ3n) is 2.88. The number of hydrogen-bond donors (Lipinski definition) is 2. The molecule has 21 heavy (non-hydrogen) atoms. The molecule has 3 N–H and O–H groups in total. The smallest absolute Gasteiger partial charge is 0.238 e. The summed E-state index contributed by atoms with van der Waals surface area (Å²) in [5, 5.41) is 8.15. The fourth-order valence-electron chi connectivity index (χ4n) is 1.85. The molecule has 0 aromatic heterocycles. The lowest BCUT2D eigenvalue weighted by atomic mass is 10.2. The molecule has 0 aliphatic carbocycles. The van der Waals surface area contributed by atoms with Crippen molar-refractivity contribution < 1.29 is 12.8 Å². The highest BCUT2D eigenvalue weighted by atomic mass is 79.9. The Hall–Kier alpha value is -1.28. The third kappa shape index (κ3) is 4.60. The zero-order valence-electron chi connectivity index (χ0n) is 11.0. The summed E-state index contributed by atoms with van der Waals surface area (Å²) in [6, 6.07) is 11.1. The Labute approximate surface area is 131 Å². The predicted octanol–water partition coefficient (Wildman–Crippen LogP) is 2.53. The molecule has 0 atom stereocenters. The van der Waals surface area contributed by atoms with Gasteiger partial charge < -0.3 is 5.32 Å². The van der Waals surface area contributed by atoms with Gasteiger partial charge in [-0.05, 0) is 35.9 Å². The molecule has 0 aliphatic heterocycles. The van der Waals surface area contributed by atoms with E-state index in [9.17, 15) is 12.8 Å². The number of nitrogens with two attached hydrogens (primary N) is 1. The minimum Gasteiger partial charge on any atom is -0.309 e. The van der Waals surface area contributed by atoms with Gasteiger partial charge in [0, 0.05) is 23.1 Å². The second-order valence-corrected chi connectivity index (χ2v) is 7.01. The van der Waals surface area contributed by atoms with Crippen molar-refractivity contribution in [3.05, 3.63) is 63.9 Å². The molecular weight excluding hydrogens is 359 g/mol. The maximum Gasteiger partial charge on any atom is 0.238 e. The molecule has 112 valence electrons. The van der Waals surface area contributed by atoms with Crippen molar-refractivity contribution in [1.29, 1.82) is 0 Å². The quantitative estimate of drug-likeness (QED) is 0.846. The van der Waals surface area contributed by atoms with Crippen LogP contribution in [0.1, 0.15) is 11.1 Å². The van der Waals surface area contributed by atoms with Gasteiger partial charge in [0.05, 0.1) is 4.90 Å². The SMILES string of the molecule is NS(=O)(=O)c1cccc(CNCc2cc(Br)ccc2F)c1. The first-order valence-corrected chi connectivity index (χ1v) is 8.46. The van der Waals surface area contributed by atoms with E-state index in [2.05, 4.69) is 21.2 Å². The molecule has 0 radical (unpaired) electrons. The average molecular weight is 373 g/mol. The van der Waals surface area contributed by atoms with E-state index in [0.29, 0.717) is 18.7 Å². The van der Waals surface area contributed by atoms with Gasteiger partial charge in [-0.1, -0.05) is 28.1 Å². The van der Waals surface area contributed by atoms with Crippen molar-refractivity contribution in [2.24, 2.45) is 5.14 Å². The van der Waals surface area contributed by atoms with Crippen LogP contribution in [-0.2, 0) is 23.1 Å². The standard InChI is InChI=1S/C14H14BrFN2O2S/c15-12-4-5-14(16)11(7-12)9-18-8-10-2-1-3-13(6-10)21(17,19)20/h1-7,18H,8-9H2,(H2,17,19,20). The number of nitrogens with one attached hydrogen (secondary N) is 1. The molecule has 0 saturated heterocycles. The Balaban J connectivity index is 2.02. The normalized spacial score (nSPS) is 11.6. The summed E-state index contributed by atoms with van der Waals surface area (Å²) in [5.41, 5.74) is 1.30. The lowest BCUT2D eigenvalue weighted by molar-refractivity contribution is 0.587. The second-order valence-electron chi connectivity index (χ2n) is 4.53. The predicted molar refractivity (Wildman–Crippen MR) is 82.5 cm³/mol. The number of halogens is 2. The minimum absolute atomic E-state index is 0.0652. The Kier molecular flexibility index (Phi) is 5.10. The summed E-state index contributed by atoms with van der Waals surface area (Å²) in [7, 11) is -3.71. The van der Waals surface area contributed by atoms with E-state index in [1.54, 1.807) is 24.3 Å². The van der Waals surface area contributed by atoms with Crippen molar-refractivity contribution in [3.63, 3.8) is 0 Å². The molecule has 0 unspecified atom stereocenters. The minimum atomic E-state index is -3.71. The topological polar surface area (TPSA) is 72.2 Å². The van der Waals surface area contributed by atoms with Crippen LogP contribution in [0.2, 0.25) is 0 Å². The third-order valence-corrected chi connectivity index (χ3v) is 4.28. The van der Waals surface area contributed by atoms with Crippen LogP contribution in [0, 0.1) is 5.82 Å².